The predicted molar refractivity (Wildman–Crippen MR) is 52.0 cm³/mol. The lowest BCUT2D eigenvalue weighted by Gasteiger charge is -2.28. The number of ether oxygens (including phenoxy) is 1. The molecule has 0 bridgehead atoms. The van der Waals surface area contributed by atoms with Crippen LogP contribution in [-0.4, -0.2) is 0 Å². The predicted octanol–water partition coefficient (Wildman–Crippen LogP) is 1.43. The van der Waals surface area contributed by atoms with Crippen LogP contribution in [0.3, 0.4) is 0 Å². The van der Waals surface area contributed by atoms with Gasteiger partial charge in [0.25, 0.3) is 0 Å². The maximum atomic E-state index is 5.48. The van der Waals surface area contributed by atoms with Crippen LogP contribution in [0.1, 0.15) is 11.6 Å². The number of rotatable bonds is 0. The Labute approximate surface area is 82.0 Å². The normalized spacial score (nSPS) is 22.6. The minimum absolute atomic E-state index is 0.143. The molecule has 2 heterocycles. The highest BCUT2D eigenvalue weighted by molar-refractivity contribution is 5.45. The molecule has 14 heavy (non-hydrogen) atoms. The Balaban J connectivity index is 2.11. The fourth-order valence-electron chi connectivity index (χ4n) is 1.71. The molecule has 2 aliphatic heterocycles. The van der Waals surface area contributed by atoms with Gasteiger partial charge in [0.1, 0.15) is 5.75 Å². The summed E-state index contributed by atoms with van der Waals surface area (Å²) >= 11 is 0. The summed E-state index contributed by atoms with van der Waals surface area (Å²) in [5.41, 5.74) is 8.26. The van der Waals surface area contributed by atoms with E-state index in [1.807, 2.05) is 18.2 Å². The minimum atomic E-state index is 0.143. The topological polar surface area (TPSA) is 33.3 Å². The highest BCUT2D eigenvalue weighted by Crippen LogP contribution is 2.34. The molecule has 0 fully saturated rings. The third kappa shape index (κ3) is 1.03. The van der Waals surface area contributed by atoms with E-state index in [9.17, 15) is 0 Å². The summed E-state index contributed by atoms with van der Waals surface area (Å²) < 4.78 is 5.48. The molecule has 69 valence electrons. The van der Waals surface area contributed by atoms with Gasteiger partial charge in [-0.15, -0.1) is 0 Å². The van der Waals surface area contributed by atoms with E-state index in [4.69, 9.17) is 4.74 Å². The molecule has 2 N–H and O–H groups in total. The van der Waals surface area contributed by atoms with Crippen LogP contribution in [0.5, 0.6) is 5.75 Å². The number of nitrogens with one attached hydrogen (secondary N) is 2. The summed E-state index contributed by atoms with van der Waals surface area (Å²) in [6, 6.07) is 8.13. The lowest BCUT2D eigenvalue weighted by molar-refractivity contribution is 0.412. The first kappa shape index (κ1) is 7.64. The second-order valence-electron chi connectivity index (χ2n) is 3.24. The van der Waals surface area contributed by atoms with Crippen molar-refractivity contribution in [2.75, 3.05) is 0 Å². The van der Waals surface area contributed by atoms with Crippen LogP contribution in [0.2, 0.25) is 0 Å². The maximum Gasteiger partial charge on any atom is 0.131 e. The second-order valence-corrected chi connectivity index (χ2v) is 3.24. The number of hydrogen-bond acceptors (Lipinski definition) is 3. The van der Waals surface area contributed by atoms with Crippen LogP contribution >= 0.6 is 0 Å². The summed E-state index contributed by atoms with van der Waals surface area (Å²) in [6.07, 6.45) is 6.57. The molecule has 0 saturated heterocycles. The first-order valence-corrected chi connectivity index (χ1v) is 4.50. The zero-order valence-corrected chi connectivity index (χ0v) is 7.45. The third-order valence-electron chi connectivity index (χ3n) is 2.39. The lowest BCUT2D eigenvalue weighted by Crippen LogP contribution is -2.37. The van der Waals surface area contributed by atoms with E-state index in [1.165, 1.54) is 0 Å². The Morgan fingerprint density at radius 1 is 1.29 bits per heavy atom. The molecule has 1 aromatic rings. The molecule has 1 atom stereocenters. The molecule has 0 amide bonds. The highest BCUT2D eigenvalue weighted by Gasteiger charge is 2.24. The van der Waals surface area contributed by atoms with Gasteiger partial charge in [0, 0.05) is 23.4 Å². The molecule has 0 saturated carbocycles. The maximum absolute atomic E-state index is 5.48. The Morgan fingerprint density at radius 2 is 2.21 bits per heavy atom. The van der Waals surface area contributed by atoms with Gasteiger partial charge in [0.15, 0.2) is 0 Å². The first-order chi connectivity index (χ1) is 6.95. The molecule has 1 aromatic carbocycles. The average Bonchev–Trinajstić information content (AvgIpc) is 2.29. The molecule has 3 rings (SSSR count). The van der Waals surface area contributed by atoms with Gasteiger partial charge in [-0.3, -0.25) is 0 Å². The lowest BCUT2D eigenvalue weighted by atomic mass is 9.97. The van der Waals surface area contributed by atoms with Gasteiger partial charge in [-0.25, -0.2) is 5.43 Å². The van der Waals surface area contributed by atoms with Gasteiger partial charge in [-0.1, -0.05) is 18.2 Å². The molecular weight excluding hydrogens is 176 g/mol. The minimum Gasteiger partial charge on any atom is -0.464 e. The SMILES string of the molecule is [C]1=CNNC2C1=COc1ccccc12. The first-order valence-electron chi connectivity index (χ1n) is 4.50. The number of hydrogen-bond donors (Lipinski definition) is 2. The number of fused-ring (bicyclic) bond motifs is 3. The van der Waals surface area contributed by atoms with Crippen molar-refractivity contribution in [1.82, 2.24) is 10.9 Å². The van der Waals surface area contributed by atoms with Crippen molar-refractivity contribution in [1.29, 1.82) is 0 Å². The fraction of sp³-hybridized carbons (Fsp3) is 0.0909. The zero-order valence-electron chi connectivity index (χ0n) is 7.45. The molecule has 3 heteroatoms. The largest absolute Gasteiger partial charge is 0.464 e. The molecule has 2 aliphatic rings. The van der Waals surface area contributed by atoms with Gasteiger partial charge in [-0.05, 0) is 6.07 Å². The van der Waals surface area contributed by atoms with Crippen LogP contribution in [0.15, 0.2) is 42.3 Å². The van der Waals surface area contributed by atoms with E-state index in [2.05, 4.69) is 23.0 Å². The quantitative estimate of drug-likeness (QED) is 0.641. The Morgan fingerprint density at radius 3 is 3.21 bits per heavy atom. The smallest absolute Gasteiger partial charge is 0.131 e. The zero-order chi connectivity index (χ0) is 9.38. The monoisotopic (exact) mass is 185 g/mol. The number of para-hydroxylation sites is 1. The van der Waals surface area contributed by atoms with Crippen molar-refractivity contribution in [3.8, 4) is 5.75 Å². The van der Waals surface area contributed by atoms with E-state index < -0.39 is 0 Å². The highest BCUT2D eigenvalue weighted by atomic mass is 16.5. The van der Waals surface area contributed by atoms with E-state index in [-0.39, 0.29) is 6.04 Å². The summed E-state index contributed by atoms with van der Waals surface area (Å²) in [5.74, 6) is 0.902. The van der Waals surface area contributed by atoms with Crippen molar-refractivity contribution >= 4 is 0 Å². The van der Waals surface area contributed by atoms with E-state index in [1.54, 1.807) is 12.5 Å². The Hall–Kier alpha value is -1.74. The van der Waals surface area contributed by atoms with Gasteiger partial charge in [0.2, 0.25) is 0 Å². The summed E-state index contributed by atoms with van der Waals surface area (Å²) in [7, 11) is 0. The average molecular weight is 185 g/mol. The molecule has 0 aliphatic carbocycles. The molecule has 1 radical (unpaired) electrons. The fourth-order valence-corrected chi connectivity index (χ4v) is 1.71. The van der Waals surface area contributed by atoms with Gasteiger partial charge < -0.3 is 10.2 Å². The second kappa shape index (κ2) is 2.89. The van der Waals surface area contributed by atoms with E-state index in [0.29, 0.717) is 0 Å². The van der Waals surface area contributed by atoms with Crippen LogP contribution in [0.4, 0.5) is 0 Å². The van der Waals surface area contributed by atoms with E-state index in [0.717, 1.165) is 16.9 Å². The molecule has 1 unspecified atom stereocenters. The van der Waals surface area contributed by atoms with Crippen molar-refractivity contribution in [3.05, 3.63) is 53.9 Å². The van der Waals surface area contributed by atoms with Gasteiger partial charge >= 0.3 is 0 Å². The van der Waals surface area contributed by atoms with Gasteiger partial charge in [0.05, 0.1) is 12.3 Å². The van der Waals surface area contributed by atoms with Crippen LogP contribution in [-0.2, 0) is 0 Å². The van der Waals surface area contributed by atoms with Crippen molar-refractivity contribution < 1.29 is 4.74 Å². The Bertz CT molecular complexity index is 423. The van der Waals surface area contributed by atoms with E-state index >= 15 is 0 Å². The summed E-state index contributed by atoms with van der Waals surface area (Å²) in [6.45, 7) is 0. The van der Waals surface area contributed by atoms with Crippen LogP contribution in [0.25, 0.3) is 0 Å². The Kier molecular flexibility index (Phi) is 1.58. The molecular formula is C11H9N2O. The number of benzene rings is 1. The van der Waals surface area contributed by atoms with Crippen LogP contribution < -0.4 is 15.6 Å². The van der Waals surface area contributed by atoms with Crippen molar-refractivity contribution in [2.24, 2.45) is 0 Å². The number of hydrazine groups is 1. The molecule has 0 aromatic heterocycles. The standard InChI is InChI=1S/C11H9N2O/c1-2-4-10-9(3-1)11-8(7-14-10)5-6-12-13-11/h1-4,6-7,11-13H. The van der Waals surface area contributed by atoms with Crippen LogP contribution in [0, 0.1) is 6.08 Å². The molecule has 3 nitrogen and oxygen atoms in total. The van der Waals surface area contributed by atoms with Gasteiger partial charge in [-0.2, -0.15) is 0 Å². The van der Waals surface area contributed by atoms with Crippen molar-refractivity contribution in [2.45, 2.75) is 6.04 Å². The summed E-state index contributed by atoms with van der Waals surface area (Å²) in [4.78, 5) is 0. The summed E-state index contributed by atoms with van der Waals surface area (Å²) in [5, 5.41) is 0. The van der Waals surface area contributed by atoms with Crippen molar-refractivity contribution in [3.63, 3.8) is 0 Å². The molecule has 0 spiro atoms. The third-order valence-corrected chi connectivity index (χ3v) is 2.39.